The highest BCUT2D eigenvalue weighted by atomic mass is 35.5. The van der Waals surface area contributed by atoms with Crippen molar-refractivity contribution in [2.75, 3.05) is 25.1 Å². The highest BCUT2D eigenvalue weighted by Gasteiger charge is 2.40. The zero-order valence-electron chi connectivity index (χ0n) is 24.4. The van der Waals surface area contributed by atoms with E-state index in [1.165, 1.54) is 0 Å². The Hall–Kier alpha value is -1.38. The molecule has 1 fully saturated rings. The SMILES string of the molecule is Cc1c(Cl)nc(-c2cc(Cl)cc(OCC([CH]C(C)(C)C)O[Si](C)(C)C(C)(C)C)c2)nc1NC1CCOCC1. The van der Waals surface area contributed by atoms with E-state index >= 15 is 0 Å². The number of hydrogen-bond donors (Lipinski definition) is 1. The number of ether oxygens (including phenoxy) is 2. The van der Waals surface area contributed by atoms with Gasteiger partial charge in [0.1, 0.15) is 23.3 Å². The van der Waals surface area contributed by atoms with E-state index in [1.54, 1.807) is 0 Å². The van der Waals surface area contributed by atoms with Crippen molar-refractivity contribution in [3.63, 3.8) is 0 Å². The number of rotatable bonds is 9. The number of aromatic nitrogens is 2. The van der Waals surface area contributed by atoms with Gasteiger partial charge in [0.15, 0.2) is 14.1 Å². The van der Waals surface area contributed by atoms with Gasteiger partial charge in [0.05, 0.1) is 6.10 Å². The molecule has 1 atom stereocenters. The zero-order valence-corrected chi connectivity index (χ0v) is 26.9. The van der Waals surface area contributed by atoms with Gasteiger partial charge < -0.3 is 19.2 Å². The minimum absolute atomic E-state index is 0.0176. The van der Waals surface area contributed by atoms with Crippen LogP contribution in [-0.2, 0) is 9.16 Å². The van der Waals surface area contributed by atoms with E-state index in [-0.39, 0.29) is 22.6 Å². The Kier molecular flexibility index (Phi) is 10.2. The normalized spacial score (nSPS) is 16.4. The molecule has 1 aliphatic rings. The molecule has 0 spiro atoms. The Balaban J connectivity index is 1.83. The van der Waals surface area contributed by atoms with Crippen LogP contribution >= 0.6 is 23.2 Å². The lowest BCUT2D eigenvalue weighted by Crippen LogP contribution is -2.46. The van der Waals surface area contributed by atoms with Gasteiger partial charge in [0, 0.05) is 35.4 Å². The van der Waals surface area contributed by atoms with E-state index in [0.29, 0.717) is 28.4 Å². The molecule has 0 saturated carbocycles. The standard InChI is InChI=1S/C29H44Cl2N3O3Si/c1-19-25(31)33-27(34-26(19)32-22-10-12-35-13-11-22)20-14-21(30)16-23(15-20)36-18-24(17-28(2,3)4)37-38(8,9)29(5,6)7/h14-17,22,24H,10-13,18H2,1-9H3,(H,32,33,34). The molecular weight excluding hydrogens is 537 g/mol. The van der Waals surface area contributed by atoms with Crippen molar-refractivity contribution in [2.24, 2.45) is 5.41 Å². The van der Waals surface area contributed by atoms with Gasteiger partial charge in [-0.05, 0) is 67.9 Å². The summed E-state index contributed by atoms with van der Waals surface area (Å²) in [6.07, 6.45) is 3.93. The van der Waals surface area contributed by atoms with Gasteiger partial charge in [-0.15, -0.1) is 0 Å². The molecule has 1 aromatic heterocycles. The third kappa shape index (κ3) is 8.82. The largest absolute Gasteiger partial charge is 0.491 e. The Morgan fingerprint density at radius 3 is 2.34 bits per heavy atom. The number of benzene rings is 1. The third-order valence-electron chi connectivity index (χ3n) is 7.13. The summed E-state index contributed by atoms with van der Waals surface area (Å²) in [4.78, 5) is 9.36. The van der Waals surface area contributed by atoms with Gasteiger partial charge in [-0.25, -0.2) is 9.97 Å². The quantitative estimate of drug-likeness (QED) is 0.237. The van der Waals surface area contributed by atoms with Crippen molar-refractivity contribution >= 4 is 37.3 Å². The monoisotopic (exact) mass is 580 g/mol. The van der Waals surface area contributed by atoms with E-state index in [4.69, 9.17) is 42.1 Å². The van der Waals surface area contributed by atoms with Crippen molar-refractivity contribution < 1.29 is 13.9 Å². The fraction of sp³-hybridized carbons (Fsp3) is 0.621. The molecule has 0 amide bonds. The molecule has 1 aliphatic heterocycles. The number of nitrogens with zero attached hydrogens (tertiary/aromatic N) is 2. The van der Waals surface area contributed by atoms with Crippen LogP contribution in [0, 0.1) is 18.8 Å². The lowest BCUT2D eigenvalue weighted by Gasteiger charge is -2.40. The molecule has 3 rings (SSSR count). The molecule has 211 valence electrons. The van der Waals surface area contributed by atoms with Crippen LogP contribution in [0.3, 0.4) is 0 Å². The fourth-order valence-corrected chi connectivity index (χ4v) is 5.62. The molecule has 1 N–H and O–H groups in total. The number of nitrogens with one attached hydrogen (secondary N) is 1. The van der Waals surface area contributed by atoms with E-state index in [1.807, 2.05) is 25.1 Å². The minimum atomic E-state index is -2.00. The Morgan fingerprint density at radius 2 is 1.74 bits per heavy atom. The summed E-state index contributed by atoms with van der Waals surface area (Å²) in [5.74, 6) is 1.87. The number of hydrogen-bond acceptors (Lipinski definition) is 6. The van der Waals surface area contributed by atoms with Gasteiger partial charge in [0.25, 0.3) is 0 Å². The highest BCUT2D eigenvalue weighted by Crippen LogP contribution is 2.39. The molecule has 1 aromatic carbocycles. The molecule has 1 radical (unpaired) electrons. The Bertz CT molecular complexity index is 1090. The molecule has 2 aromatic rings. The molecule has 0 bridgehead atoms. The van der Waals surface area contributed by atoms with Crippen LogP contribution in [0.5, 0.6) is 5.75 Å². The van der Waals surface area contributed by atoms with E-state index < -0.39 is 8.32 Å². The molecule has 1 unspecified atom stereocenters. The summed E-state index contributed by atoms with van der Waals surface area (Å²) >= 11 is 13.1. The first-order valence-corrected chi connectivity index (χ1v) is 17.1. The summed E-state index contributed by atoms with van der Waals surface area (Å²) in [5.41, 5.74) is 1.55. The van der Waals surface area contributed by atoms with Crippen LogP contribution in [0.2, 0.25) is 28.3 Å². The van der Waals surface area contributed by atoms with E-state index in [2.05, 4.69) is 71.4 Å². The Labute approximate surface area is 240 Å². The third-order valence-corrected chi connectivity index (χ3v) is 12.2. The second-order valence-corrected chi connectivity index (χ2v) is 18.3. The van der Waals surface area contributed by atoms with Gasteiger partial charge >= 0.3 is 0 Å². The molecule has 0 aliphatic carbocycles. The zero-order chi connectivity index (χ0) is 28.3. The predicted molar refractivity (Wildman–Crippen MR) is 161 cm³/mol. The van der Waals surface area contributed by atoms with Crippen LogP contribution in [0.4, 0.5) is 5.82 Å². The number of anilines is 1. The summed E-state index contributed by atoms with van der Waals surface area (Å²) in [6.45, 7) is 21.6. The van der Waals surface area contributed by atoms with Crippen LogP contribution in [0.25, 0.3) is 11.4 Å². The van der Waals surface area contributed by atoms with Crippen LogP contribution in [0.15, 0.2) is 18.2 Å². The highest BCUT2D eigenvalue weighted by molar-refractivity contribution is 6.74. The molecule has 1 saturated heterocycles. The van der Waals surface area contributed by atoms with Crippen molar-refractivity contribution in [1.29, 1.82) is 0 Å². The van der Waals surface area contributed by atoms with E-state index in [0.717, 1.165) is 43.0 Å². The van der Waals surface area contributed by atoms with Crippen molar-refractivity contribution in [1.82, 2.24) is 9.97 Å². The van der Waals surface area contributed by atoms with Gasteiger partial charge in [0.2, 0.25) is 0 Å². The average molecular weight is 582 g/mol. The lowest BCUT2D eigenvalue weighted by molar-refractivity contribution is 0.0904. The first-order valence-electron chi connectivity index (χ1n) is 13.4. The summed E-state index contributed by atoms with van der Waals surface area (Å²) in [5, 5.41) is 4.58. The van der Waals surface area contributed by atoms with Crippen molar-refractivity contribution in [3.8, 4) is 17.1 Å². The van der Waals surface area contributed by atoms with Crippen molar-refractivity contribution in [3.05, 3.63) is 40.4 Å². The lowest BCUT2D eigenvalue weighted by atomic mass is 9.89. The molecule has 6 nitrogen and oxygen atoms in total. The predicted octanol–water partition coefficient (Wildman–Crippen LogP) is 8.37. The maximum atomic E-state index is 6.73. The van der Waals surface area contributed by atoms with Gasteiger partial charge in [-0.1, -0.05) is 64.7 Å². The van der Waals surface area contributed by atoms with E-state index in [9.17, 15) is 0 Å². The molecule has 38 heavy (non-hydrogen) atoms. The Morgan fingerprint density at radius 1 is 1.08 bits per heavy atom. The molecule has 2 heterocycles. The fourth-order valence-electron chi connectivity index (χ4n) is 3.98. The summed E-state index contributed by atoms with van der Waals surface area (Å²) in [6, 6.07) is 5.84. The topological polar surface area (TPSA) is 65.5 Å². The number of halogens is 2. The smallest absolute Gasteiger partial charge is 0.192 e. The first kappa shape index (κ1) is 31.1. The van der Waals surface area contributed by atoms with Crippen LogP contribution in [-0.4, -0.2) is 50.3 Å². The first-order chi connectivity index (χ1) is 17.5. The maximum Gasteiger partial charge on any atom is 0.192 e. The average Bonchev–Trinajstić information content (AvgIpc) is 2.79. The molecular formula is C29H44Cl2N3O3Si. The second-order valence-electron chi connectivity index (χ2n) is 12.8. The van der Waals surface area contributed by atoms with Gasteiger partial charge in [-0.2, -0.15) is 0 Å². The van der Waals surface area contributed by atoms with Crippen molar-refractivity contribution in [2.45, 2.75) is 91.6 Å². The second kappa shape index (κ2) is 12.4. The molecule has 9 heteroatoms. The summed E-state index contributed by atoms with van der Waals surface area (Å²) in [7, 11) is -2.00. The summed E-state index contributed by atoms with van der Waals surface area (Å²) < 4.78 is 18.5. The minimum Gasteiger partial charge on any atom is -0.491 e. The van der Waals surface area contributed by atoms with Gasteiger partial charge in [-0.3, -0.25) is 0 Å². The maximum absolute atomic E-state index is 6.73. The van der Waals surface area contributed by atoms with Crippen LogP contribution in [0.1, 0.15) is 59.9 Å². The van der Waals surface area contributed by atoms with Crippen LogP contribution < -0.4 is 10.1 Å².